The first-order valence-corrected chi connectivity index (χ1v) is 4.81. The van der Waals surface area contributed by atoms with Crippen molar-refractivity contribution in [3.8, 4) is 0 Å². The highest BCUT2D eigenvalue weighted by molar-refractivity contribution is 5.46. The van der Waals surface area contributed by atoms with E-state index in [1.165, 1.54) is 11.1 Å². The molecule has 0 aromatic heterocycles. The molecule has 0 atom stereocenters. The first-order valence-electron chi connectivity index (χ1n) is 4.81. The minimum absolute atomic E-state index is 0.577. The normalized spacial score (nSPS) is 24.8. The van der Waals surface area contributed by atoms with Gasteiger partial charge in [-0.3, -0.25) is 0 Å². The molecule has 2 aliphatic rings. The molecule has 2 nitrogen and oxygen atoms in total. The van der Waals surface area contributed by atoms with Crippen LogP contribution in [-0.4, -0.2) is 6.54 Å². The predicted molar refractivity (Wildman–Crippen MR) is 59.3 cm³/mol. The van der Waals surface area contributed by atoms with Crippen LogP contribution in [0.3, 0.4) is 0 Å². The van der Waals surface area contributed by atoms with E-state index in [1.54, 1.807) is 0 Å². The Hall–Kier alpha value is -1.54. The Labute approximate surface area is 84.2 Å². The third-order valence-corrected chi connectivity index (χ3v) is 2.37. The van der Waals surface area contributed by atoms with E-state index < -0.39 is 0 Å². The van der Waals surface area contributed by atoms with Crippen molar-refractivity contribution in [3.63, 3.8) is 0 Å². The van der Waals surface area contributed by atoms with Gasteiger partial charge in [0.2, 0.25) is 0 Å². The van der Waals surface area contributed by atoms with Gasteiger partial charge in [0.15, 0.2) is 0 Å². The molecular weight excluding hydrogens is 172 g/mol. The molecule has 0 aromatic carbocycles. The second kappa shape index (κ2) is 4.11. The van der Waals surface area contributed by atoms with E-state index >= 15 is 0 Å². The quantitative estimate of drug-likeness (QED) is 0.655. The van der Waals surface area contributed by atoms with E-state index in [0.717, 1.165) is 12.1 Å². The summed E-state index contributed by atoms with van der Waals surface area (Å²) >= 11 is 0. The highest BCUT2D eigenvalue weighted by atomic mass is 14.9. The maximum atomic E-state index is 5.68. The molecule has 2 heteroatoms. The van der Waals surface area contributed by atoms with Gasteiger partial charge in [-0.05, 0) is 23.6 Å². The number of nitrogens with two attached hydrogens (primary N) is 1. The molecule has 0 amide bonds. The summed E-state index contributed by atoms with van der Waals surface area (Å²) in [5.74, 6) is 0. The van der Waals surface area contributed by atoms with Crippen LogP contribution in [0.25, 0.3) is 0 Å². The van der Waals surface area contributed by atoms with Gasteiger partial charge in [-0.1, -0.05) is 30.4 Å². The van der Waals surface area contributed by atoms with Crippen molar-refractivity contribution < 1.29 is 0 Å². The van der Waals surface area contributed by atoms with Gasteiger partial charge < -0.3 is 11.1 Å². The Morgan fingerprint density at radius 2 is 2.21 bits per heavy atom. The molecule has 0 unspecified atom stereocenters. The highest BCUT2D eigenvalue weighted by Crippen LogP contribution is 2.20. The first kappa shape index (κ1) is 9.03. The molecule has 0 bridgehead atoms. The monoisotopic (exact) mass is 186 g/mol. The lowest BCUT2D eigenvalue weighted by Crippen LogP contribution is -2.18. The molecule has 1 aliphatic heterocycles. The van der Waals surface area contributed by atoms with Gasteiger partial charge in [0.1, 0.15) is 0 Å². The number of hydrogen-bond donors (Lipinski definition) is 2. The van der Waals surface area contributed by atoms with Gasteiger partial charge in [-0.25, -0.2) is 0 Å². The Morgan fingerprint density at radius 3 is 2.93 bits per heavy atom. The largest absolute Gasteiger partial charge is 0.361 e. The van der Waals surface area contributed by atoms with Crippen LogP contribution in [0.5, 0.6) is 0 Å². The zero-order chi connectivity index (χ0) is 9.80. The zero-order valence-corrected chi connectivity index (χ0v) is 8.03. The molecule has 1 heterocycles. The maximum Gasteiger partial charge on any atom is 0.0461 e. The summed E-state index contributed by atoms with van der Waals surface area (Å²) in [4.78, 5) is 0. The van der Waals surface area contributed by atoms with E-state index in [2.05, 4.69) is 35.7 Å². The summed E-state index contributed by atoms with van der Waals surface area (Å²) in [6.45, 7) is 0.577. The van der Waals surface area contributed by atoms with Crippen molar-refractivity contribution in [2.75, 3.05) is 6.54 Å². The Bertz CT molecular complexity index is 368. The predicted octanol–water partition coefficient (Wildman–Crippen LogP) is 1.76. The van der Waals surface area contributed by atoms with Crippen LogP contribution in [0.15, 0.2) is 59.5 Å². The van der Waals surface area contributed by atoms with Crippen molar-refractivity contribution in [2.24, 2.45) is 5.73 Å². The number of nitrogens with one attached hydrogen (secondary N) is 1. The lowest BCUT2D eigenvalue weighted by atomic mass is 9.99. The molecule has 1 aliphatic carbocycles. The summed E-state index contributed by atoms with van der Waals surface area (Å²) in [5, 5.41) is 3.26. The molecule has 0 saturated carbocycles. The van der Waals surface area contributed by atoms with E-state index in [0.29, 0.717) is 6.54 Å². The third-order valence-electron chi connectivity index (χ3n) is 2.37. The first-order chi connectivity index (χ1) is 6.92. The number of rotatable bonds is 1. The van der Waals surface area contributed by atoms with Crippen LogP contribution >= 0.6 is 0 Å². The molecule has 14 heavy (non-hydrogen) atoms. The van der Waals surface area contributed by atoms with E-state index in [-0.39, 0.29) is 0 Å². The Morgan fingerprint density at radius 1 is 1.29 bits per heavy atom. The van der Waals surface area contributed by atoms with Crippen molar-refractivity contribution in [2.45, 2.75) is 6.42 Å². The topological polar surface area (TPSA) is 38.0 Å². The number of allylic oxidation sites excluding steroid dienone is 7. The molecule has 0 spiro atoms. The second-order valence-electron chi connectivity index (χ2n) is 3.29. The standard InChI is InChI=1S/C12H14N2/c13-9-11-7-4-8-14-12(11)10-5-2-1-3-6-10/h1-5,7-8,14H,6,9,13H2/b12-10-. The van der Waals surface area contributed by atoms with E-state index in [1.807, 2.05) is 12.3 Å². The Kier molecular flexibility index (Phi) is 2.65. The lowest BCUT2D eigenvalue weighted by Gasteiger charge is -2.18. The Balaban J connectivity index is 2.33. The average molecular weight is 186 g/mol. The molecule has 3 N–H and O–H groups in total. The molecule has 0 fully saturated rings. The third kappa shape index (κ3) is 1.70. The smallest absolute Gasteiger partial charge is 0.0461 e. The molecule has 0 radical (unpaired) electrons. The molecule has 0 saturated heterocycles. The average Bonchev–Trinajstić information content (AvgIpc) is 2.30. The van der Waals surface area contributed by atoms with Gasteiger partial charge >= 0.3 is 0 Å². The fraction of sp³-hybridized carbons (Fsp3) is 0.167. The summed E-state index contributed by atoms with van der Waals surface area (Å²) in [5.41, 5.74) is 9.31. The van der Waals surface area contributed by atoms with Crippen molar-refractivity contribution in [1.29, 1.82) is 0 Å². The van der Waals surface area contributed by atoms with Crippen LogP contribution in [0.2, 0.25) is 0 Å². The number of hydrogen-bond acceptors (Lipinski definition) is 2. The molecule has 2 rings (SSSR count). The summed E-state index contributed by atoms with van der Waals surface area (Å²) < 4.78 is 0. The van der Waals surface area contributed by atoms with Crippen LogP contribution in [0.4, 0.5) is 0 Å². The van der Waals surface area contributed by atoms with E-state index in [9.17, 15) is 0 Å². The van der Waals surface area contributed by atoms with Gasteiger partial charge in [-0.2, -0.15) is 0 Å². The molecule has 72 valence electrons. The van der Waals surface area contributed by atoms with Crippen molar-refractivity contribution >= 4 is 0 Å². The fourth-order valence-corrected chi connectivity index (χ4v) is 1.64. The van der Waals surface area contributed by atoms with Crippen LogP contribution < -0.4 is 11.1 Å². The second-order valence-corrected chi connectivity index (χ2v) is 3.29. The summed E-state index contributed by atoms with van der Waals surface area (Å²) in [6, 6.07) is 0. The van der Waals surface area contributed by atoms with Gasteiger partial charge in [0.05, 0.1) is 0 Å². The minimum Gasteiger partial charge on any atom is -0.361 e. The van der Waals surface area contributed by atoms with E-state index in [4.69, 9.17) is 5.73 Å². The van der Waals surface area contributed by atoms with Gasteiger partial charge in [0.25, 0.3) is 0 Å². The summed E-state index contributed by atoms with van der Waals surface area (Å²) in [7, 11) is 0. The maximum absolute atomic E-state index is 5.68. The van der Waals surface area contributed by atoms with Gasteiger partial charge in [0, 0.05) is 18.4 Å². The highest BCUT2D eigenvalue weighted by Gasteiger charge is 2.09. The zero-order valence-electron chi connectivity index (χ0n) is 8.03. The van der Waals surface area contributed by atoms with Crippen LogP contribution in [0.1, 0.15) is 6.42 Å². The molecule has 0 aromatic rings. The molecular formula is C12H14N2. The summed E-state index contributed by atoms with van der Waals surface area (Å²) in [6.07, 6.45) is 15.4. The van der Waals surface area contributed by atoms with Crippen LogP contribution in [-0.2, 0) is 0 Å². The minimum atomic E-state index is 0.577. The van der Waals surface area contributed by atoms with Crippen LogP contribution in [0, 0.1) is 0 Å². The SMILES string of the molecule is NCC1=CC=CN/C1=C1/C=CC=CC1. The lowest BCUT2D eigenvalue weighted by molar-refractivity contribution is 0.967. The van der Waals surface area contributed by atoms with Crippen molar-refractivity contribution in [1.82, 2.24) is 5.32 Å². The number of dihydropyridines is 1. The van der Waals surface area contributed by atoms with Crippen molar-refractivity contribution in [3.05, 3.63) is 59.5 Å². The fourth-order valence-electron chi connectivity index (χ4n) is 1.64. The van der Waals surface area contributed by atoms with Gasteiger partial charge in [-0.15, -0.1) is 0 Å².